The number of nitrogens with zero attached hydrogens (tertiary/aromatic N) is 1. The number of benzene rings is 1. The second-order valence-electron chi connectivity index (χ2n) is 2.75. The fourth-order valence-corrected chi connectivity index (χ4v) is 2.03. The minimum absolute atomic E-state index is 1.06. The van der Waals surface area contributed by atoms with Gasteiger partial charge in [0.05, 0.1) is 0 Å². The molecular weight excluding hydrogens is 261 g/mol. The van der Waals surface area contributed by atoms with Crippen LogP contribution < -0.4 is 0 Å². The van der Waals surface area contributed by atoms with Crippen LogP contribution in [0.3, 0.4) is 0 Å². The number of halogens is 1. The summed E-state index contributed by atoms with van der Waals surface area (Å²) in [5.74, 6) is 0. The van der Waals surface area contributed by atoms with Crippen molar-refractivity contribution in [2.45, 2.75) is 6.92 Å². The van der Waals surface area contributed by atoms with E-state index in [1.165, 1.54) is 10.8 Å². The van der Waals surface area contributed by atoms with E-state index in [4.69, 9.17) is 0 Å². The largest absolute Gasteiger partial charge is 0.247 e. The molecule has 1 nitrogen and oxygen atoms in total. The Kier molecular flexibility index (Phi) is 2.00. The van der Waals surface area contributed by atoms with Gasteiger partial charge in [0.15, 0.2) is 0 Å². The van der Waals surface area contributed by atoms with E-state index in [1.807, 2.05) is 13.0 Å². The van der Waals surface area contributed by atoms with E-state index >= 15 is 0 Å². The van der Waals surface area contributed by atoms with Gasteiger partial charge < -0.3 is 0 Å². The first-order valence-corrected chi connectivity index (χ1v) is 4.87. The van der Waals surface area contributed by atoms with Crippen LogP contribution in [0.5, 0.6) is 0 Å². The van der Waals surface area contributed by atoms with E-state index in [0.717, 1.165) is 9.39 Å². The summed E-state index contributed by atoms with van der Waals surface area (Å²) in [6, 6.07) is 10.4. The van der Waals surface area contributed by atoms with Gasteiger partial charge in [-0.3, -0.25) is 0 Å². The highest BCUT2D eigenvalue weighted by molar-refractivity contribution is 14.1. The normalized spacial score (nSPS) is 10.5. The van der Waals surface area contributed by atoms with Gasteiger partial charge in [0.1, 0.15) is 3.70 Å². The third kappa shape index (κ3) is 1.31. The Morgan fingerprint density at radius 3 is 2.83 bits per heavy atom. The van der Waals surface area contributed by atoms with Crippen LogP contribution in [0.2, 0.25) is 0 Å². The first-order chi connectivity index (χ1) is 5.77. The quantitative estimate of drug-likeness (QED) is 0.529. The topological polar surface area (TPSA) is 12.9 Å². The van der Waals surface area contributed by atoms with Gasteiger partial charge in [-0.05, 0) is 41.0 Å². The first kappa shape index (κ1) is 7.98. The lowest BCUT2D eigenvalue weighted by Crippen LogP contribution is -1.86. The SMILES string of the molecule is Cc1nc(I)cc2ccccc12. The maximum atomic E-state index is 4.39. The molecule has 0 fully saturated rings. The summed E-state index contributed by atoms with van der Waals surface area (Å²) in [4.78, 5) is 4.39. The van der Waals surface area contributed by atoms with Crippen LogP contribution in [-0.4, -0.2) is 4.98 Å². The van der Waals surface area contributed by atoms with Gasteiger partial charge in [0.2, 0.25) is 0 Å². The monoisotopic (exact) mass is 269 g/mol. The number of pyridine rings is 1. The number of aryl methyl sites for hydroxylation is 1. The van der Waals surface area contributed by atoms with Gasteiger partial charge in [-0.25, -0.2) is 4.98 Å². The van der Waals surface area contributed by atoms with Gasteiger partial charge >= 0.3 is 0 Å². The lowest BCUT2D eigenvalue weighted by Gasteiger charge is -2.00. The van der Waals surface area contributed by atoms with E-state index in [0.29, 0.717) is 0 Å². The van der Waals surface area contributed by atoms with E-state index in [1.54, 1.807) is 0 Å². The van der Waals surface area contributed by atoms with Crippen molar-refractivity contribution in [3.8, 4) is 0 Å². The molecule has 0 N–H and O–H groups in total. The predicted molar refractivity (Wildman–Crippen MR) is 59.2 cm³/mol. The number of hydrogen-bond donors (Lipinski definition) is 0. The lowest BCUT2D eigenvalue weighted by atomic mass is 10.1. The number of fused-ring (bicyclic) bond motifs is 1. The van der Waals surface area contributed by atoms with Gasteiger partial charge in [0.25, 0.3) is 0 Å². The highest BCUT2D eigenvalue weighted by atomic mass is 127. The van der Waals surface area contributed by atoms with Crippen LogP contribution in [0.25, 0.3) is 10.8 Å². The number of aromatic nitrogens is 1. The molecule has 12 heavy (non-hydrogen) atoms. The van der Waals surface area contributed by atoms with Crippen LogP contribution in [0, 0.1) is 10.6 Å². The standard InChI is InChI=1S/C10H8IN/c1-7-9-5-3-2-4-8(9)6-10(11)12-7/h2-6H,1H3. The summed E-state index contributed by atoms with van der Waals surface area (Å²) >= 11 is 2.24. The molecule has 2 heteroatoms. The fraction of sp³-hybridized carbons (Fsp3) is 0.100. The first-order valence-electron chi connectivity index (χ1n) is 3.79. The van der Waals surface area contributed by atoms with Crippen LogP contribution in [-0.2, 0) is 0 Å². The molecule has 0 aliphatic heterocycles. The predicted octanol–water partition coefficient (Wildman–Crippen LogP) is 3.15. The summed E-state index contributed by atoms with van der Waals surface area (Å²) < 4.78 is 1.06. The maximum Gasteiger partial charge on any atom is 0.102 e. The zero-order valence-corrected chi connectivity index (χ0v) is 8.87. The molecule has 2 aromatic rings. The van der Waals surface area contributed by atoms with Crippen LogP contribution >= 0.6 is 22.6 Å². The van der Waals surface area contributed by atoms with Crippen molar-refractivity contribution in [1.29, 1.82) is 0 Å². The highest BCUT2D eigenvalue weighted by Crippen LogP contribution is 2.18. The van der Waals surface area contributed by atoms with Gasteiger partial charge in [-0.1, -0.05) is 24.3 Å². The van der Waals surface area contributed by atoms with E-state index in [-0.39, 0.29) is 0 Å². The van der Waals surface area contributed by atoms with Gasteiger partial charge in [0, 0.05) is 11.1 Å². The van der Waals surface area contributed by atoms with Gasteiger partial charge in [-0.2, -0.15) is 0 Å². The Morgan fingerprint density at radius 2 is 2.00 bits per heavy atom. The molecule has 2 rings (SSSR count). The molecule has 60 valence electrons. The second kappa shape index (κ2) is 3.01. The summed E-state index contributed by atoms with van der Waals surface area (Å²) in [6.07, 6.45) is 0. The molecule has 1 aromatic heterocycles. The number of hydrogen-bond acceptors (Lipinski definition) is 1. The van der Waals surface area contributed by atoms with E-state index < -0.39 is 0 Å². The minimum Gasteiger partial charge on any atom is -0.247 e. The second-order valence-corrected chi connectivity index (χ2v) is 3.86. The van der Waals surface area contributed by atoms with Crippen LogP contribution in [0.1, 0.15) is 5.69 Å². The van der Waals surface area contributed by atoms with Crippen molar-refractivity contribution in [2.75, 3.05) is 0 Å². The van der Waals surface area contributed by atoms with Crippen LogP contribution in [0.4, 0.5) is 0 Å². The van der Waals surface area contributed by atoms with Gasteiger partial charge in [-0.15, -0.1) is 0 Å². The fourth-order valence-electron chi connectivity index (χ4n) is 1.33. The molecule has 0 unspecified atom stereocenters. The Labute approximate surface area is 85.0 Å². The van der Waals surface area contributed by atoms with Crippen LogP contribution in [0.15, 0.2) is 30.3 Å². The van der Waals surface area contributed by atoms with Crippen molar-refractivity contribution in [3.05, 3.63) is 39.7 Å². The zero-order valence-electron chi connectivity index (χ0n) is 6.71. The average Bonchev–Trinajstić information content (AvgIpc) is 2.04. The van der Waals surface area contributed by atoms with Crippen molar-refractivity contribution >= 4 is 33.4 Å². The summed E-state index contributed by atoms with van der Waals surface area (Å²) in [5, 5.41) is 2.52. The molecule has 0 atom stereocenters. The molecule has 0 radical (unpaired) electrons. The Bertz CT molecular complexity index is 423. The molecule has 0 bridgehead atoms. The minimum atomic E-state index is 1.06. The molecule has 1 aromatic carbocycles. The third-order valence-corrected chi connectivity index (χ3v) is 2.45. The molecule has 0 aliphatic carbocycles. The molecule has 0 aliphatic rings. The smallest absolute Gasteiger partial charge is 0.102 e. The van der Waals surface area contributed by atoms with Crippen molar-refractivity contribution in [3.63, 3.8) is 0 Å². The average molecular weight is 269 g/mol. The van der Waals surface area contributed by atoms with Crippen molar-refractivity contribution in [2.24, 2.45) is 0 Å². The molecule has 0 saturated heterocycles. The summed E-state index contributed by atoms with van der Waals surface area (Å²) in [5.41, 5.74) is 1.11. The van der Waals surface area contributed by atoms with Crippen molar-refractivity contribution < 1.29 is 0 Å². The molecular formula is C10H8IN. The zero-order chi connectivity index (χ0) is 8.55. The van der Waals surface area contributed by atoms with Crippen molar-refractivity contribution in [1.82, 2.24) is 4.98 Å². The third-order valence-electron chi connectivity index (χ3n) is 1.90. The molecule has 1 heterocycles. The number of rotatable bonds is 0. The molecule has 0 saturated carbocycles. The summed E-state index contributed by atoms with van der Waals surface area (Å²) in [6.45, 7) is 2.05. The maximum absolute atomic E-state index is 4.39. The summed E-state index contributed by atoms with van der Waals surface area (Å²) in [7, 11) is 0. The highest BCUT2D eigenvalue weighted by Gasteiger charge is 1.98. The van der Waals surface area contributed by atoms with E-state index in [9.17, 15) is 0 Å². The van der Waals surface area contributed by atoms with E-state index in [2.05, 4.69) is 51.8 Å². The molecule has 0 spiro atoms. The lowest BCUT2D eigenvalue weighted by molar-refractivity contribution is 1.20. The molecule has 0 amide bonds. The Balaban J connectivity index is 2.89. The Morgan fingerprint density at radius 1 is 1.25 bits per heavy atom. The Hall–Kier alpha value is -0.640.